The second kappa shape index (κ2) is 12.2. The normalized spacial score (nSPS) is 25.5. The van der Waals surface area contributed by atoms with Crippen molar-refractivity contribution >= 4 is 34.1 Å². The Morgan fingerprint density at radius 1 is 1.07 bits per heavy atom. The van der Waals surface area contributed by atoms with Gasteiger partial charge in [0.05, 0.1) is 19.3 Å². The molecular weight excluding hydrogens is 520 g/mol. The van der Waals surface area contributed by atoms with Gasteiger partial charge in [-0.1, -0.05) is 56.5 Å². The quantitative estimate of drug-likeness (QED) is 0.253. The lowest BCUT2D eigenvalue weighted by Crippen LogP contribution is -2.41. The van der Waals surface area contributed by atoms with Gasteiger partial charge in [-0.25, -0.2) is 0 Å². The smallest absolute Gasteiger partial charge is 0.346 e. The first-order chi connectivity index (χ1) is 19.5. The average molecular weight is 565 g/mol. The van der Waals surface area contributed by atoms with E-state index >= 15 is 0 Å². The predicted octanol–water partition coefficient (Wildman–Crippen LogP) is 5.96. The fraction of sp³-hybridized carbons (Fsp3) is 0.645. The van der Waals surface area contributed by atoms with Crippen molar-refractivity contribution < 1.29 is 9.29 Å². The highest BCUT2D eigenvalue weighted by Crippen LogP contribution is 2.38. The largest absolute Gasteiger partial charge is 0.609 e. The van der Waals surface area contributed by atoms with Crippen molar-refractivity contribution in [2.45, 2.75) is 89.5 Å². The first kappa shape index (κ1) is 27.8. The van der Waals surface area contributed by atoms with E-state index in [-0.39, 0.29) is 12.1 Å². The van der Waals surface area contributed by atoms with E-state index in [1.54, 1.807) is 0 Å². The molecule has 2 aliphatic carbocycles. The molecule has 1 aliphatic heterocycles. The lowest BCUT2D eigenvalue weighted by Gasteiger charge is -2.37. The Hall–Kier alpha value is -2.36. The first-order valence-corrected chi connectivity index (χ1v) is 16.7. The molecule has 1 unspecified atom stereocenters. The van der Waals surface area contributed by atoms with Gasteiger partial charge in [-0.3, -0.25) is 0 Å². The minimum Gasteiger partial charge on any atom is -0.609 e. The molecule has 3 aromatic rings. The van der Waals surface area contributed by atoms with Crippen LogP contribution in [0.2, 0.25) is 0 Å². The Kier molecular flexibility index (Phi) is 8.51. The Balaban J connectivity index is 1.48. The molecule has 3 fully saturated rings. The van der Waals surface area contributed by atoms with E-state index in [0.29, 0.717) is 41.6 Å². The van der Waals surface area contributed by atoms with Crippen molar-refractivity contribution in [1.29, 1.82) is 0 Å². The molecule has 8 nitrogen and oxygen atoms in total. The highest BCUT2D eigenvalue weighted by molar-refractivity contribution is 7.91. The second-order valence-corrected chi connectivity index (χ2v) is 13.8. The number of rotatable bonds is 9. The molecule has 0 bridgehead atoms. The van der Waals surface area contributed by atoms with Gasteiger partial charge in [0.2, 0.25) is 5.95 Å². The Bertz CT molecular complexity index is 1270. The SMILES string of the molecule is CC[S+]([O-])c1nc(N[C@H](C)C2CCC2)c2c(n1)nc(N1CCOC[C@H]1c1ccccc1)n2CC1CCC(C)CC1. The molecule has 6 rings (SSSR count). The summed E-state index contributed by atoms with van der Waals surface area (Å²) in [6.45, 7) is 9.48. The molecule has 216 valence electrons. The van der Waals surface area contributed by atoms with Gasteiger partial charge in [0.1, 0.15) is 11.3 Å². The fourth-order valence-corrected chi connectivity index (χ4v) is 7.21. The summed E-state index contributed by atoms with van der Waals surface area (Å²) in [5.74, 6) is 4.23. The lowest BCUT2D eigenvalue weighted by atomic mass is 9.80. The molecule has 40 heavy (non-hydrogen) atoms. The topological polar surface area (TPSA) is 91.2 Å². The summed E-state index contributed by atoms with van der Waals surface area (Å²) in [5.41, 5.74) is 2.82. The third-order valence-electron chi connectivity index (χ3n) is 9.40. The molecule has 1 aromatic carbocycles. The minimum atomic E-state index is -1.26. The summed E-state index contributed by atoms with van der Waals surface area (Å²) >= 11 is -1.26. The molecule has 0 amide bonds. The molecule has 2 aromatic heterocycles. The third kappa shape index (κ3) is 5.70. The number of benzene rings is 1. The summed E-state index contributed by atoms with van der Waals surface area (Å²) in [7, 11) is 0. The maximum atomic E-state index is 13.0. The van der Waals surface area contributed by atoms with Crippen LogP contribution in [0.1, 0.15) is 77.3 Å². The van der Waals surface area contributed by atoms with Gasteiger partial charge >= 0.3 is 5.16 Å². The summed E-state index contributed by atoms with van der Waals surface area (Å²) in [6, 6.07) is 11.0. The van der Waals surface area contributed by atoms with Crippen LogP contribution in [0.5, 0.6) is 0 Å². The number of fused-ring (bicyclic) bond motifs is 1. The van der Waals surface area contributed by atoms with Gasteiger partial charge in [-0.05, 0) is 62.8 Å². The number of anilines is 2. The number of ether oxygens (including phenoxy) is 1. The van der Waals surface area contributed by atoms with Crippen molar-refractivity contribution in [2.75, 3.05) is 35.7 Å². The number of aromatic nitrogens is 4. The van der Waals surface area contributed by atoms with E-state index in [1.165, 1.54) is 50.5 Å². The van der Waals surface area contributed by atoms with Gasteiger partial charge in [-0.15, -0.1) is 0 Å². The van der Waals surface area contributed by atoms with Crippen LogP contribution in [0.25, 0.3) is 11.2 Å². The van der Waals surface area contributed by atoms with E-state index in [4.69, 9.17) is 19.7 Å². The second-order valence-electron chi connectivity index (χ2n) is 12.1. The maximum absolute atomic E-state index is 13.0. The molecule has 3 aliphatic rings. The van der Waals surface area contributed by atoms with Crippen LogP contribution in [-0.2, 0) is 22.5 Å². The van der Waals surface area contributed by atoms with Crippen molar-refractivity contribution in [3.8, 4) is 0 Å². The van der Waals surface area contributed by atoms with Gasteiger partial charge in [0.25, 0.3) is 0 Å². The number of morpholine rings is 1. The third-order valence-corrected chi connectivity index (χ3v) is 10.5. The Morgan fingerprint density at radius 2 is 1.85 bits per heavy atom. The van der Waals surface area contributed by atoms with Crippen molar-refractivity contribution in [3.63, 3.8) is 0 Å². The van der Waals surface area contributed by atoms with Crippen molar-refractivity contribution in [3.05, 3.63) is 35.9 Å². The van der Waals surface area contributed by atoms with Crippen LogP contribution >= 0.6 is 0 Å². The highest BCUT2D eigenvalue weighted by atomic mass is 32.2. The van der Waals surface area contributed by atoms with Crippen LogP contribution < -0.4 is 10.2 Å². The maximum Gasteiger partial charge on any atom is 0.346 e. The van der Waals surface area contributed by atoms with E-state index in [2.05, 4.69) is 59.0 Å². The number of nitrogens with one attached hydrogen (secondary N) is 1. The number of hydrogen-bond acceptors (Lipinski definition) is 7. The van der Waals surface area contributed by atoms with E-state index in [1.807, 2.05) is 6.92 Å². The van der Waals surface area contributed by atoms with Gasteiger partial charge < -0.3 is 24.1 Å². The van der Waals surface area contributed by atoms with E-state index < -0.39 is 11.2 Å². The summed E-state index contributed by atoms with van der Waals surface area (Å²) in [6.07, 6.45) is 8.78. The zero-order chi connectivity index (χ0) is 27.6. The molecular formula is C31H44N6O2S. The van der Waals surface area contributed by atoms with E-state index in [0.717, 1.165) is 36.3 Å². The van der Waals surface area contributed by atoms with Crippen LogP contribution in [-0.4, -0.2) is 55.6 Å². The number of hydrogen-bond donors (Lipinski definition) is 1. The zero-order valence-electron chi connectivity index (χ0n) is 24.2. The van der Waals surface area contributed by atoms with Gasteiger partial charge in [-0.2, -0.15) is 15.0 Å². The predicted molar refractivity (Wildman–Crippen MR) is 161 cm³/mol. The van der Waals surface area contributed by atoms with Crippen LogP contribution in [0.15, 0.2) is 35.5 Å². The molecule has 1 N–H and O–H groups in total. The number of imidazole rings is 1. The average Bonchev–Trinajstić information content (AvgIpc) is 3.31. The molecule has 0 spiro atoms. The van der Waals surface area contributed by atoms with Crippen LogP contribution in [0, 0.1) is 17.8 Å². The lowest BCUT2D eigenvalue weighted by molar-refractivity contribution is 0.0927. The van der Waals surface area contributed by atoms with Crippen molar-refractivity contribution in [1.82, 2.24) is 19.5 Å². The standard InChI is InChI=1S/C31H44N6O2S/c1-4-40(38)30-33-28(32-22(3)24-11-8-12-24)27-29(34-30)35-31(37(27)19-23-15-13-21(2)14-16-23)36-17-18-39-20-26(36)25-9-6-5-7-10-25/h5-7,9-10,21-24,26H,4,8,11-20H2,1-3H3,(H,32,33,34)/t21?,22-,23?,26+,40?/m1/s1. The zero-order valence-corrected chi connectivity index (χ0v) is 25.0. The molecule has 9 heteroatoms. The van der Waals surface area contributed by atoms with Gasteiger partial charge in [0, 0.05) is 30.3 Å². The van der Waals surface area contributed by atoms with Crippen molar-refractivity contribution in [2.24, 2.45) is 17.8 Å². The molecule has 1 saturated heterocycles. The first-order valence-electron chi connectivity index (χ1n) is 15.3. The van der Waals surface area contributed by atoms with Crippen LogP contribution in [0.3, 0.4) is 0 Å². The molecule has 3 heterocycles. The number of nitrogens with zero attached hydrogens (tertiary/aromatic N) is 5. The molecule has 0 radical (unpaired) electrons. The molecule has 2 saturated carbocycles. The van der Waals surface area contributed by atoms with Gasteiger partial charge in [0.15, 0.2) is 11.5 Å². The Labute approximate surface area is 241 Å². The van der Waals surface area contributed by atoms with E-state index in [9.17, 15) is 4.55 Å². The Morgan fingerprint density at radius 3 is 2.55 bits per heavy atom. The van der Waals surface area contributed by atoms with Crippen LogP contribution in [0.4, 0.5) is 11.8 Å². The monoisotopic (exact) mass is 564 g/mol. The minimum absolute atomic E-state index is 0.0689. The summed E-state index contributed by atoms with van der Waals surface area (Å²) in [5, 5.41) is 4.14. The molecule has 3 atom stereocenters. The summed E-state index contributed by atoms with van der Waals surface area (Å²) < 4.78 is 21.4. The summed E-state index contributed by atoms with van der Waals surface area (Å²) in [4.78, 5) is 17.4. The highest BCUT2D eigenvalue weighted by Gasteiger charge is 2.33. The fourth-order valence-electron chi connectivity index (χ4n) is 6.57.